The third-order valence-corrected chi connectivity index (χ3v) is 4.35. The van der Waals surface area contributed by atoms with Crippen LogP contribution in [0.4, 0.5) is 35.5 Å². The summed E-state index contributed by atoms with van der Waals surface area (Å²) >= 11 is 0. The van der Waals surface area contributed by atoms with Gasteiger partial charge in [0.05, 0.1) is 6.42 Å². The van der Waals surface area contributed by atoms with Crippen LogP contribution in [0.1, 0.15) is 38.3 Å². The number of esters is 1. The molecule has 0 aliphatic heterocycles. The molecule has 0 spiro atoms. The number of alkyl carbamates (subject to hydrolysis) is 1. The first-order valence-corrected chi connectivity index (χ1v) is 9.76. The van der Waals surface area contributed by atoms with Gasteiger partial charge in [0, 0.05) is 17.7 Å². The van der Waals surface area contributed by atoms with E-state index >= 15 is 0 Å². The minimum absolute atomic E-state index is 0.252. The number of carbonyl (C=O) groups excluding carboxylic acids is 2. The highest BCUT2D eigenvalue weighted by molar-refractivity contribution is 5.75. The molecular formula is C22H20F7NO4. The summed E-state index contributed by atoms with van der Waals surface area (Å²) in [5.41, 5.74) is -2.39. The molecular weight excluding hydrogens is 475 g/mol. The van der Waals surface area contributed by atoms with Crippen LogP contribution in [-0.4, -0.2) is 23.7 Å². The van der Waals surface area contributed by atoms with E-state index in [-0.39, 0.29) is 6.07 Å². The molecule has 0 bridgehead atoms. The number of hydrogen-bond donors (Lipinski definition) is 1. The van der Waals surface area contributed by atoms with Crippen LogP contribution in [0.3, 0.4) is 0 Å². The van der Waals surface area contributed by atoms with Crippen LogP contribution in [-0.2, 0) is 16.0 Å². The molecule has 1 N–H and O–H groups in total. The van der Waals surface area contributed by atoms with Crippen molar-refractivity contribution >= 4 is 12.1 Å². The molecule has 0 saturated heterocycles. The SMILES string of the molecule is Cc1c(F)c(F)c(F)c(OC(=O)C[C@@H](Cc2cc(F)c(F)cc2F)NC(=O)OC(C)(C)C)c1F. The highest BCUT2D eigenvalue weighted by Gasteiger charge is 2.28. The molecule has 0 aliphatic carbocycles. The second kappa shape index (κ2) is 10.3. The average molecular weight is 495 g/mol. The maximum Gasteiger partial charge on any atom is 0.407 e. The van der Waals surface area contributed by atoms with E-state index < -0.39 is 94.1 Å². The summed E-state index contributed by atoms with van der Waals surface area (Å²) in [7, 11) is 0. The van der Waals surface area contributed by atoms with Crippen molar-refractivity contribution in [3.63, 3.8) is 0 Å². The number of halogens is 7. The van der Waals surface area contributed by atoms with E-state index in [4.69, 9.17) is 4.74 Å². The molecule has 0 saturated carbocycles. The first kappa shape index (κ1) is 26.9. The molecule has 186 valence electrons. The summed E-state index contributed by atoms with van der Waals surface area (Å²) in [6.07, 6.45) is -2.58. The fourth-order valence-corrected chi connectivity index (χ4v) is 2.80. The van der Waals surface area contributed by atoms with Crippen LogP contribution in [0.5, 0.6) is 5.75 Å². The topological polar surface area (TPSA) is 64.6 Å². The zero-order valence-electron chi connectivity index (χ0n) is 18.4. The first-order chi connectivity index (χ1) is 15.6. The molecule has 0 aromatic heterocycles. The number of benzene rings is 2. The van der Waals surface area contributed by atoms with Gasteiger partial charge in [-0.3, -0.25) is 4.79 Å². The summed E-state index contributed by atoms with van der Waals surface area (Å²) in [6, 6.07) is -0.653. The Kier molecular flexibility index (Phi) is 8.17. The summed E-state index contributed by atoms with van der Waals surface area (Å²) in [4.78, 5) is 24.4. The lowest BCUT2D eigenvalue weighted by Crippen LogP contribution is -2.42. The summed E-state index contributed by atoms with van der Waals surface area (Å²) in [5.74, 6) is -14.7. The Bertz CT molecular complexity index is 1090. The van der Waals surface area contributed by atoms with Gasteiger partial charge in [-0.05, 0) is 45.7 Å². The Labute approximate surface area is 189 Å². The number of rotatable bonds is 6. The van der Waals surface area contributed by atoms with Crippen molar-refractivity contribution in [2.75, 3.05) is 0 Å². The van der Waals surface area contributed by atoms with Gasteiger partial charge < -0.3 is 14.8 Å². The van der Waals surface area contributed by atoms with E-state index in [1.165, 1.54) is 20.8 Å². The van der Waals surface area contributed by atoms with Gasteiger partial charge in [0.1, 0.15) is 11.4 Å². The predicted molar refractivity (Wildman–Crippen MR) is 104 cm³/mol. The van der Waals surface area contributed by atoms with Gasteiger partial charge >= 0.3 is 12.1 Å². The smallest absolute Gasteiger partial charge is 0.407 e. The Balaban J connectivity index is 2.30. The van der Waals surface area contributed by atoms with Crippen molar-refractivity contribution in [3.8, 4) is 5.75 Å². The zero-order valence-corrected chi connectivity index (χ0v) is 18.4. The largest absolute Gasteiger partial charge is 0.444 e. The number of amides is 1. The second-order valence-electron chi connectivity index (χ2n) is 8.29. The van der Waals surface area contributed by atoms with Crippen molar-refractivity contribution in [3.05, 3.63) is 64.0 Å². The Morgan fingerprint density at radius 3 is 2.06 bits per heavy atom. The first-order valence-electron chi connectivity index (χ1n) is 9.76. The maximum atomic E-state index is 14.1. The minimum atomic E-state index is -2.10. The lowest BCUT2D eigenvalue weighted by molar-refractivity contribution is -0.135. The number of carbonyl (C=O) groups is 2. The van der Waals surface area contributed by atoms with E-state index in [0.29, 0.717) is 6.07 Å². The van der Waals surface area contributed by atoms with Crippen molar-refractivity contribution in [1.82, 2.24) is 5.32 Å². The Morgan fingerprint density at radius 1 is 0.882 bits per heavy atom. The van der Waals surface area contributed by atoms with Crippen molar-refractivity contribution in [1.29, 1.82) is 0 Å². The molecule has 2 aromatic carbocycles. The molecule has 0 heterocycles. The zero-order chi connectivity index (χ0) is 26.0. The highest BCUT2D eigenvalue weighted by atomic mass is 19.2. The molecule has 12 heteroatoms. The van der Waals surface area contributed by atoms with Gasteiger partial charge in [0.2, 0.25) is 11.6 Å². The molecule has 0 unspecified atom stereocenters. The van der Waals surface area contributed by atoms with Gasteiger partial charge in [-0.1, -0.05) is 0 Å². The minimum Gasteiger partial charge on any atom is -0.444 e. The molecule has 5 nitrogen and oxygen atoms in total. The molecule has 0 fully saturated rings. The number of hydrogen-bond acceptors (Lipinski definition) is 4. The lowest BCUT2D eigenvalue weighted by atomic mass is 10.0. The monoisotopic (exact) mass is 495 g/mol. The summed E-state index contributed by atoms with van der Waals surface area (Å²) in [5, 5.41) is 2.19. The van der Waals surface area contributed by atoms with Crippen molar-refractivity contribution in [2.24, 2.45) is 0 Å². The summed E-state index contributed by atoms with van der Waals surface area (Å²) in [6.45, 7) is 5.33. The predicted octanol–water partition coefficient (Wildman–Crippen LogP) is 5.40. The highest BCUT2D eigenvalue weighted by Crippen LogP contribution is 2.30. The second-order valence-corrected chi connectivity index (χ2v) is 8.29. The maximum absolute atomic E-state index is 14.1. The fourth-order valence-electron chi connectivity index (χ4n) is 2.80. The van der Waals surface area contributed by atoms with E-state index in [9.17, 15) is 40.3 Å². The van der Waals surface area contributed by atoms with E-state index in [1.54, 1.807) is 0 Å². The molecule has 0 aliphatic rings. The quantitative estimate of drug-likeness (QED) is 0.192. The van der Waals surface area contributed by atoms with Crippen LogP contribution in [0.15, 0.2) is 12.1 Å². The lowest BCUT2D eigenvalue weighted by Gasteiger charge is -2.23. The Morgan fingerprint density at radius 2 is 1.47 bits per heavy atom. The fraction of sp³-hybridized carbons (Fsp3) is 0.364. The van der Waals surface area contributed by atoms with E-state index in [2.05, 4.69) is 10.1 Å². The van der Waals surface area contributed by atoms with E-state index in [1.807, 2.05) is 0 Å². The molecule has 2 rings (SSSR count). The van der Waals surface area contributed by atoms with E-state index in [0.717, 1.165) is 6.92 Å². The van der Waals surface area contributed by atoms with Crippen LogP contribution in [0.25, 0.3) is 0 Å². The normalized spacial score (nSPS) is 12.3. The van der Waals surface area contributed by atoms with Crippen molar-refractivity contribution in [2.45, 2.75) is 52.2 Å². The average Bonchev–Trinajstić information content (AvgIpc) is 2.70. The molecule has 0 radical (unpaired) electrons. The van der Waals surface area contributed by atoms with Crippen LogP contribution in [0.2, 0.25) is 0 Å². The van der Waals surface area contributed by atoms with Gasteiger partial charge in [0.25, 0.3) is 0 Å². The molecule has 1 amide bonds. The molecule has 1 atom stereocenters. The van der Waals surface area contributed by atoms with Crippen LogP contribution in [0, 0.1) is 47.6 Å². The van der Waals surface area contributed by atoms with Gasteiger partial charge in [-0.25, -0.2) is 31.1 Å². The Hall–Kier alpha value is -3.31. The standard InChI is InChI=1S/C22H20F7NO4/c1-9-16(26)18(28)19(29)20(17(9)27)33-15(31)7-11(30-21(32)34-22(2,3)4)5-10-6-13(24)14(25)8-12(10)23/h6,8,11H,5,7H2,1-4H3,(H,30,32)/t11-/m1/s1. The molecule has 2 aromatic rings. The van der Waals surface area contributed by atoms with Gasteiger partial charge in [-0.2, -0.15) is 4.39 Å². The van der Waals surface area contributed by atoms with Gasteiger partial charge in [0.15, 0.2) is 29.1 Å². The third-order valence-electron chi connectivity index (χ3n) is 4.35. The third kappa shape index (κ3) is 6.61. The summed E-state index contributed by atoms with van der Waals surface area (Å²) < 4.78 is 105. The van der Waals surface area contributed by atoms with Gasteiger partial charge in [-0.15, -0.1) is 0 Å². The van der Waals surface area contributed by atoms with Crippen LogP contribution < -0.4 is 10.1 Å². The number of ether oxygens (including phenoxy) is 2. The number of nitrogens with one attached hydrogen (secondary N) is 1. The van der Waals surface area contributed by atoms with Crippen LogP contribution >= 0.6 is 0 Å². The van der Waals surface area contributed by atoms with Crippen molar-refractivity contribution < 1.29 is 49.8 Å². The molecule has 34 heavy (non-hydrogen) atoms.